The van der Waals surface area contributed by atoms with Crippen molar-refractivity contribution in [1.82, 2.24) is 14.8 Å². The van der Waals surface area contributed by atoms with Crippen LogP contribution in [0.5, 0.6) is 0 Å². The summed E-state index contributed by atoms with van der Waals surface area (Å²) in [6.07, 6.45) is 2.72. The molecule has 1 aromatic carbocycles. The van der Waals surface area contributed by atoms with E-state index in [2.05, 4.69) is 10.1 Å². The van der Waals surface area contributed by atoms with Gasteiger partial charge in [0.2, 0.25) is 0 Å². The van der Waals surface area contributed by atoms with E-state index in [1.54, 1.807) is 44.2 Å². The fourth-order valence-electron chi connectivity index (χ4n) is 2.82. The third-order valence-electron chi connectivity index (χ3n) is 4.07. The van der Waals surface area contributed by atoms with Crippen molar-refractivity contribution in [3.63, 3.8) is 0 Å². The fraction of sp³-hybridized carbons (Fsp3) is 0.167. The van der Waals surface area contributed by atoms with Crippen LogP contribution in [0.15, 0.2) is 46.2 Å². The Bertz CT molecular complexity index is 1200. The third kappa shape index (κ3) is 3.05. The van der Waals surface area contributed by atoms with Crippen LogP contribution in [0.3, 0.4) is 0 Å². The van der Waals surface area contributed by atoms with Crippen LogP contribution in [0.2, 0.25) is 0 Å². The number of hydrogen-bond donors (Lipinski definition) is 2. The predicted octanol–water partition coefficient (Wildman–Crippen LogP) is 2.75. The number of aromatic nitrogens is 3. The lowest BCUT2D eigenvalue weighted by Gasteiger charge is -2.07. The van der Waals surface area contributed by atoms with Crippen LogP contribution in [0, 0.1) is 30.0 Å². The number of nitrogens with zero attached hydrogens (tertiary/aromatic N) is 3. The fourth-order valence-corrected chi connectivity index (χ4v) is 3.75. The van der Waals surface area contributed by atoms with Crippen molar-refractivity contribution in [2.24, 2.45) is 0 Å². The SMILES string of the molecule is Cc1cc(-n2[nH]c(C)c(-c3ccc(C#N)cc3)c2=O)ncc1S(C)(=N)=O. The Morgan fingerprint density at radius 2 is 1.92 bits per heavy atom. The molecule has 0 fully saturated rings. The maximum Gasteiger partial charge on any atom is 0.280 e. The van der Waals surface area contributed by atoms with E-state index in [-0.39, 0.29) is 5.56 Å². The van der Waals surface area contributed by atoms with Crippen molar-refractivity contribution in [3.05, 3.63) is 63.7 Å². The Kier molecular flexibility index (Phi) is 4.26. The number of H-pyrrole nitrogens is 1. The van der Waals surface area contributed by atoms with Crippen molar-refractivity contribution in [2.75, 3.05) is 6.26 Å². The standard InChI is InChI=1S/C18H17N5O2S/c1-11-8-16(21-10-15(11)26(3,20)25)23-18(24)17(12(2)22-23)14-6-4-13(9-19)5-7-14/h4-8,10,20,22H,1-3H3. The number of nitriles is 1. The minimum Gasteiger partial charge on any atom is -0.293 e. The molecular weight excluding hydrogens is 350 g/mol. The summed E-state index contributed by atoms with van der Waals surface area (Å²) in [5.74, 6) is 0.364. The van der Waals surface area contributed by atoms with Crippen LogP contribution in [0.4, 0.5) is 0 Å². The zero-order valence-electron chi connectivity index (χ0n) is 14.5. The smallest absolute Gasteiger partial charge is 0.280 e. The highest BCUT2D eigenvalue weighted by atomic mass is 32.2. The van der Waals surface area contributed by atoms with Gasteiger partial charge in [0.15, 0.2) is 5.82 Å². The summed E-state index contributed by atoms with van der Waals surface area (Å²) in [6, 6.07) is 10.5. The van der Waals surface area contributed by atoms with E-state index >= 15 is 0 Å². The highest BCUT2D eigenvalue weighted by Crippen LogP contribution is 2.21. The number of aromatic amines is 1. The van der Waals surface area contributed by atoms with E-state index in [0.717, 1.165) is 0 Å². The molecule has 0 saturated heterocycles. The molecule has 132 valence electrons. The molecule has 1 unspecified atom stereocenters. The average molecular weight is 367 g/mol. The van der Waals surface area contributed by atoms with Gasteiger partial charge in [0.25, 0.3) is 5.56 Å². The summed E-state index contributed by atoms with van der Waals surface area (Å²) in [7, 11) is -2.88. The Morgan fingerprint density at radius 3 is 2.46 bits per heavy atom. The Hall–Kier alpha value is -3.18. The Morgan fingerprint density at radius 1 is 1.27 bits per heavy atom. The number of benzene rings is 1. The van der Waals surface area contributed by atoms with Gasteiger partial charge in [-0.3, -0.25) is 9.89 Å². The Balaban J connectivity index is 2.13. The zero-order chi connectivity index (χ0) is 19.1. The largest absolute Gasteiger partial charge is 0.293 e. The number of rotatable bonds is 3. The van der Waals surface area contributed by atoms with Gasteiger partial charge in [0.05, 0.1) is 31.8 Å². The molecule has 0 amide bonds. The molecule has 1 atom stereocenters. The topological polar surface area (TPSA) is 115 Å². The second-order valence-electron chi connectivity index (χ2n) is 6.09. The van der Waals surface area contributed by atoms with E-state index in [1.807, 2.05) is 6.07 Å². The summed E-state index contributed by atoms with van der Waals surface area (Å²) in [5, 5.41) is 11.9. The second kappa shape index (κ2) is 6.28. The maximum atomic E-state index is 12.9. The second-order valence-corrected chi connectivity index (χ2v) is 8.22. The first-order valence-electron chi connectivity index (χ1n) is 7.75. The molecule has 26 heavy (non-hydrogen) atoms. The first-order valence-corrected chi connectivity index (χ1v) is 9.72. The normalized spacial score (nSPS) is 13.2. The monoisotopic (exact) mass is 367 g/mol. The van der Waals surface area contributed by atoms with Crippen LogP contribution < -0.4 is 5.56 Å². The number of aryl methyl sites for hydroxylation is 2. The predicted molar refractivity (Wildman–Crippen MR) is 98.9 cm³/mol. The molecule has 2 N–H and O–H groups in total. The summed E-state index contributed by atoms with van der Waals surface area (Å²) >= 11 is 0. The first-order chi connectivity index (χ1) is 12.2. The molecule has 0 saturated carbocycles. The van der Waals surface area contributed by atoms with Gasteiger partial charge in [-0.05, 0) is 43.2 Å². The third-order valence-corrected chi connectivity index (χ3v) is 5.34. The highest BCUT2D eigenvalue weighted by Gasteiger charge is 2.16. The van der Waals surface area contributed by atoms with Crippen molar-refractivity contribution in [1.29, 1.82) is 10.0 Å². The molecule has 2 heterocycles. The molecule has 0 aliphatic heterocycles. The van der Waals surface area contributed by atoms with Crippen molar-refractivity contribution < 1.29 is 4.21 Å². The summed E-state index contributed by atoms with van der Waals surface area (Å²) in [6.45, 7) is 3.52. The van der Waals surface area contributed by atoms with Gasteiger partial charge in [0.1, 0.15) is 0 Å². The van der Waals surface area contributed by atoms with E-state index in [0.29, 0.717) is 38.7 Å². The maximum absolute atomic E-state index is 12.9. The minimum absolute atomic E-state index is 0.269. The molecule has 0 radical (unpaired) electrons. The summed E-state index contributed by atoms with van der Waals surface area (Å²) in [5.41, 5.74) is 2.76. The summed E-state index contributed by atoms with van der Waals surface area (Å²) < 4.78 is 21.0. The molecule has 8 heteroatoms. The van der Waals surface area contributed by atoms with E-state index < -0.39 is 9.73 Å². The quantitative estimate of drug-likeness (QED) is 0.740. The molecule has 7 nitrogen and oxygen atoms in total. The molecule has 0 bridgehead atoms. The van der Waals surface area contributed by atoms with E-state index in [9.17, 15) is 9.00 Å². The highest BCUT2D eigenvalue weighted by molar-refractivity contribution is 7.91. The zero-order valence-corrected chi connectivity index (χ0v) is 15.3. The van der Waals surface area contributed by atoms with Gasteiger partial charge in [-0.1, -0.05) is 12.1 Å². The van der Waals surface area contributed by atoms with Gasteiger partial charge in [-0.2, -0.15) is 5.26 Å². The van der Waals surface area contributed by atoms with Crippen molar-refractivity contribution >= 4 is 9.73 Å². The van der Waals surface area contributed by atoms with Gasteiger partial charge < -0.3 is 0 Å². The van der Waals surface area contributed by atoms with Gasteiger partial charge in [-0.15, -0.1) is 0 Å². The van der Waals surface area contributed by atoms with Crippen LogP contribution in [-0.2, 0) is 9.73 Å². The molecule has 0 aliphatic carbocycles. The minimum atomic E-state index is -2.88. The van der Waals surface area contributed by atoms with Crippen molar-refractivity contribution in [3.8, 4) is 23.0 Å². The molecule has 0 spiro atoms. The van der Waals surface area contributed by atoms with Gasteiger partial charge in [0, 0.05) is 18.1 Å². The molecule has 2 aromatic heterocycles. The van der Waals surface area contributed by atoms with Crippen LogP contribution >= 0.6 is 0 Å². The van der Waals surface area contributed by atoms with E-state index in [4.69, 9.17) is 10.0 Å². The number of nitrogens with one attached hydrogen (secondary N) is 2. The molecule has 0 aliphatic rings. The number of pyridine rings is 1. The van der Waals surface area contributed by atoms with Crippen LogP contribution in [-0.4, -0.2) is 25.2 Å². The van der Waals surface area contributed by atoms with Crippen molar-refractivity contribution in [2.45, 2.75) is 18.7 Å². The molecule has 3 aromatic rings. The average Bonchev–Trinajstić information content (AvgIpc) is 2.88. The number of hydrogen-bond acceptors (Lipinski definition) is 5. The van der Waals surface area contributed by atoms with Gasteiger partial charge >= 0.3 is 0 Å². The Labute approximate surface area is 150 Å². The van der Waals surface area contributed by atoms with Crippen LogP contribution in [0.25, 0.3) is 16.9 Å². The van der Waals surface area contributed by atoms with Crippen LogP contribution in [0.1, 0.15) is 16.8 Å². The van der Waals surface area contributed by atoms with E-state index in [1.165, 1.54) is 17.1 Å². The lowest BCUT2D eigenvalue weighted by atomic mass is 10.1. The molecular formula is C18H17N5O2S. The lowest BCUT2D eigenvalue weighted by molar-refractivity contribution is 0.677. The summed E-state index contributed by atoms with van der Waals surface area (Å²) in [4.78, 5) is 17.4. The van der Waals surface area contributed by atoms with Gasteiger partial charge in [-0.25, -0.2) is 18.7 Å². The lowest BCUT2D eigenvalue weighted by Crippen LogP contribution is -2.17. The first kappa shape index (κ1) is 17.6. The molecule has 3 rings (SSSR count).